The van der Waals surface area contributed by atoms with E-state index in [1.807, 2.05) is 16.8 Å². The van der Waals surface area contributed by atoms with Gasteiger partial charge in [0.05, 0.1) is 0 Å². The molecule has 2 heterocycles. The van der Waals surface area contributed by atoms with Crippen molar-refractivity contribution < 1.29 is 5.11 Å². The van der Waals surface area contributed by atoms with E-state index in [1.54, 1.807) is 18.7 Å². The molecule has 5 heteroatoms. The molecule has 5 nitrogen and oxygen atoms in total. The van der Waals surface area contributed by atoms with E-state index in [-0.39, 0.29) is 0 Å². The minimum Gasteiger partial charge on any atom is -0.508 e. The molecule has 3 rings (SSSR count). The fraction of sp³-hybridized carbons (Fsp3) is 0.556. The number of phenolic OH excluding ortho intramolecular Hbond substituents is 1. The summed E-state index contributed by atoms with van der Waals surface area (Å²) in [7, 11) is 0. The van der Waals surface area contributed by atoms with Gasteiger partial charge >= 0.3 is 0 Å². The lowest BCUT2D eigenvalue weighted by molar-refractivity contribution is 0.239. The van der Waals surface area contributed by atoms with E-state index in [9.17, 15) is 5.11 Å². The maximum Gasteiger partial charge on any atom is 0.137 e. The molecule has 3 atom stereocenters. The van der Waals surface area contributed by atoms with Gasteiger partial charge in [-0.05, 0) is 43.2 Å². The summed E-state index contributed by atoms with van der Waals surface area (Å²) in [6.45, 7) is 6.68. The van der Waals surface area contributed by atoms with E-state index in [2.05, 4.69) is 34.9 Å². The fourth-order valence-corrected chi connectivity index (χ4v) is 3.66. The highest BCUT2D eigenvalue weighted by Gasteiger charge is 2.32. The van der Waals surface area contributed by atoms with Crippen LogP contribution in [0.25, 0.3) is 0 Å². The molecule has 1 saturated heterocycles. The van der Waals surface area contributed by atoms with E-state index in [1.165, 1.54) is 6.42 Å². The summed E-state index contributed by atoms with van der Waals surface area (Å²) in [6, 6.07) is 8.16. The van der Waals surface area contributed by atoms with Crippen molar-refractivity contribution in [2.24, 2.45) is 11.8 Å². The van der Waals surface area contributed by atoms with Crippen LogP contribution in [0.1, 0.15) is 33.1 Å². The number of aryl methyl sites for hydroxylation is 1. The number of piperidine rings is 1. The van der Waals surface area contributed by atoms with Crippen LogP contribution in [0.2, 0.25) is 0 Å². The van der Waals surface area contributed by atoms with Crippen molar-refractivity contribution in [1.29, 1.82) is 0 Å². The molecule has 0 amide bonds. The van der Waals surface area contributed by atoms with Gasteiger partial charge in [0.2, 0.25) is 0 Å². The van der Waals surface area contributed by atoms with Crippen molar-refractivity contribution in [3.63, 3.8) is 0 Å². The zero-order valence-corrected chi connectivity index (χ0v) is 14.0. The minimum atomic E-state index is 0.343. The zero-order chi connectivity index (χ0) is 16.2. The van der Waals surface area contributed by atoms with E-state index in [0.717, 1.165) is 37.5 Å². The van der Waals surface area contributed by atoms with Crippen LogP contribution in [0, 0.1) is 11.8 Å². The Morgan fingerprint density at radius 1 is 1.30 bits per heavy atom. The highest BCUT2D eigenvalue weighted by Crippen LogP contribution is 2.35. The van der Waals surface area contributed by atoms with E-state index >= 15 is 0 Å². The summed E-state index contributed by atoms with van der Waals surface area (Å²) in [5.74, 6) is 1.72. The second kappa shape index (κ2) is 7.02. The van der Waals surface area contributed by atoms with Crippen molar-refractivity contribution in [2.45, 2.75) is 45.7 Å². The van der Waals surface area contributed by atoms with Crippen molar-refractivity contribution in [3.05, 3.63) is 36.9 Å². The average molecular weight is 314 g/mol. The number of aromatic hydroxyl groups is 1. The summed E-state index contributed by atoms with van der Waals surface area (Å²) >= 11 is 0. The van der Waals surface area contributed by atoms with Crippen LogP contribution in [0.4, 0.5) is 5.69 Å². The number of anilines is 1. The first-order valence-corrected chi connectivity index (χ1v) is 8.53. The number of hydrogen-bond acceptors (Lipinski definition) is 4. The molecule has 3 unspecified atom stereocenters. The number of rotatable bonds is 5. The highest BCUT2D eigenvalue weighted by molar-refractivity contribution is 5.51. The molecule has 124 valence electrons. The fourth-order valence-electron chi connectivity index (χ4n) is 3.66. The Morgan fingerprint density at radius 3 is 2.91 bits per heavy atom. The van der Waals surface area contributed by atoms with Gasteiger partial charge in [-0.3, -0.25) is 4.68 Å². The van der Waals surface area contributed by atoms with Crippen LogP contribution < -0.4 is 4.90 Å². The molecule has 0 radical (unpaired) electrons. The standard InChI is InChI=1S/C18H26N4O/c1-14-8-10-22(16-5-3-6-17(23)11-16)18(15(14)2)7-4-9-21-13-19-12-20-21/h3,5-6,11-15,18,23H,4,7-10H2,1-2H3. The SMILES string of the molecule is CC1CCN(c2cccc(O)c2)C(CCCn2cncn2)C1C. The third-order valence-electron chi connectivity index (χ3n) is 5.25. The minimum absolute atomic E-state index is 0.343. The first-order chi connectivity index (χ1) is 11.1. The Balaban J connectivity index is 1.71. The summed E-state index contributed by atoms with van der Waals surface area (Å²) in [5, 5.41) is 14.0. The average Bonchev–Trinajstić information content (AvgIpc) is 3.05. The van der Waals surface area contributed by atoms with Crippen LogP contribution in [-0.4, -0.2) is 32.5 Å². The van der Waals surface area contributed by atoms with Gasteiger partial charge in [0.1, 0.15) is 18.4 Å². The van der Waals surface area contributed by atoms with Crippen LogP contribution in [0.15, 0.2) is 36.9 Å². The maximum absolute atomic E-state index is 9.80. The van der Waals surface area contributed by atoms with Gasteiger partial charge in [0, 0.05) is 30.9 Å². The topological polar surface area (TPSA) is 54.2 Å². The number of aromatic nitrogens is 3. The van der Waals surface area contributed by atoms with Crippen LogP contribution in [0.3, 0.4) is 0 Å². The Labute approximate surface area is 138 Å². The normalized spacial score (nSPS) is 24.8. The van der Waals surface area contributed by atoms with E-state index < -0.39 is 0 Å². The molecule has 1 fully saturated rings. The van der Waals surface area contributed by atoms with Gasteiger partial charge in [-0.2, -0.15) is 5.10 Å². The van der Waals surface area contributed by atoms with Gasteiger partial charge < -0.3 is 10.0 Å². The number of hydrogen-bond donors (Lipinski definition) is 1. The molecule has 1 aromatic carbocycles. The Hall–Kier alpha value is -2.04. The zero-order valence-electron chi connectivity index (χ0n) is 14.0. The van der Waals surface area contributed by atoms with Gasteiger partial charge in [-0.1, -0.05) is 19.9 Å². The maximum atomic E-state index is 9.80. The first kappa shape index (κ1) is 15.8. The molecule has 0 aliphatic carbocycles. The van der Waals surface area contributed by atoms with E-state index in [4.69, 9.17) is 0 Å². The van der Waals surface area contributed by atoms with E-state index in [0.29, 0.717) is 17.7 Å². The molecule has 1 aliphatic heterocycles. The van der Waals surface area contributed by atoms with Crippen molar-refractivity contribution in [3.8, 4) is 5.75 Å². The van der Waals surface area contributed by atoms with Crippen LogP contribution >= 0.6 is 0 Å². The molecule has 1 aliphatic rings. The second-order valence-corrected chi connectivity index (χ2v) is 6.71. The number of benzene rings is 1. The smallest absolute Gasteiger partial charge is 0.137 e. The van der Waals surface area contributed by atoms with Crippen LogP contribution in [-0.2, 0) is 6.54 Å². The molecule has 0 bridgehead atoms. The third kappa shape index (κ3) is 3.66. The molecule has 1 N–H and O–H groups in total. The van der Waals surface area contributed by atoms with Gasteiger partial charge in [-0.25, -0.2) is 4.98 Å². The monoisotopic (exact) mass is 314 g/mol. The largest absolute Gasteiger partial charge is 0.508 e. The molecular formula is C18H26N4O. The predicted molar refractivity (Wildman–Crippen MR) is 91.4 cm³/mol. The Kier molecular flexibility index (Phi) is 4.84. The lowest BCUT2D eigenvalue weighted by atomic mass is 9.80. The Morgan fingerprint density at radius 2 is 2.17 bits per heavy atom. The molecule has 1 aromatic heterocycles. The van der Waals surface area contributed by atoms with Crippen molar-refractivity contribution in [1.82, 2.24) is 14.8 Å². The van der Waals surface area contributed by atoms with Gasteiger partial charge in [-0.15, -0.1) is 0 Å². The van der Waals surface area contributed by atoms with Crippen LogP contribution in [0.5, 0.6) is 5.75 Å². The van der Waals surface area contributed by atoms with Gasteiger partial charge in [0.15, 0.2) is 0 Å². The Bertz CT molecular complexity index is 613. The molecule has 0 saturated carbocycles. The second-order valence-electron chi connectivity index (χ2n) is 6.71. The molecule has 0 spiro atoms. The quantitative estimate of drug-likeness (QED) is 0.920. The summed E-state index contributed by atoms with van der Waals surface area (Å²) in [4.78, 5) is 6.48. The summed E-state index contributed by atoms with van der Waals surface area (Å²) in [6.07, 6.45) is 6.78. The summed E-state index contributed by atoms with van der Waals surface area (Å²) in [5.41, 5.74) is 1.13. The predicted octanol–water partition coefficient (Wildman–Crippen LogP) is 3.32. The lowest BCUT2D eigenvalue weighted by Gasteiger charge is -2.45. The molecule has 23 heavy (non-hydrogen) atoms. The number of phenols is 1. The third-order valence-corrected chi connectivity index (χ3v) is 5.25. The highest BCUT2D eigenvalue weighted by atomic mass is 16.3. The summed E-state index contributed by atoms with van der Waals surface area (Å²) < 4.78 is 1.90. The molecular weight excluding hydrogens is 288 g/mol. The first-order valence-electron chi connectivity index (χ1n) is 8.53. The molecule has 2 aromatic rings. The van der Waals surface area contributed by atoms with Gasteiger partial charge in [0.25, 0.3) is 0 Å². The lowest BCUT2D eigenvalue weighted by Crippen LogP contribution is -2.47. The number of nitrogens with zero attached hydrogens (tertiary/aromatic N) is 4. The van der Waals surface area contributed by atoms with Crippen molar-refractivity contribution in [2.75, 3.05) is 11.4 Å². The van der Waals surface area contributed by atoms with Crippen molar-refractivity contribution >= 4 is 5.69 Å².